The van der Waals surface area contributed by atoms with E-state index >= 15 is 0 Å². The van der Waals surface area contributed by atoms with Crippen LogP contribution in [-0.2, 0) is 30.7 Å². The van der Waals surface area contributed by atoms with E-state index in [1.54, 1.807) is 6.07 Å². The largest absolute Gasteiger partial charge is 0.493 e. The van der Waals surface area contributed by atoms with Crippen molar-refractivity contribution in [2.24, 2.45) is 0 Å². The summed E-state index contributed by atoms with van der Waals surface area (Å²) in [6.07, 6.45) is 0.993. The number of carboxylic acids is 1. The number of rotatable bonds is 8. The number of nitrogens with zero attached hydrogens (tertiary/aromatic N) is 2. The lowest BCUT2D eigenvalue weighted by Crippen LogP contribution is -2.45. The third-order valence-corrected chi connectivity index (χ3v) is 6.49. The topological polar surface area (TPSA) is 75.8 Å². The lowest BCUT2D eigenvalue weighted by Gasteiger charge is -2.34. The molecule has 0 saturated heterocycles. The van der Waals surface area contributed by atoms with Crippen molar-refractivity contribution in [1.82, 2.24) is 9.88 Å². The Morgan fingerprint density at radius 2 is 1.94 bits per heavy atom. The van der Waals surface area contributed by atoms with Crippen molar-refractivity contribution < 1.29 is 23.4 Å². The molecule has 6 nitrogen and oxygen atoms in total. The van der Waals surface area contributed by atoms with Crippen LogP contribution in [-0.4, -0.2) is 33.6 Å². The molecule has 0 aliphatic carbocycles. The van der Waals surface area contributed by atoms with Crippen LogP contribution in [0.4, 0.5) is 4.39 Å². The molecule has 3 aromatic carbocycles. The highest BCUT2D eigenvalue weighted by molar-refractivity contribution is 5.74. The predicted octanol–water partition coefficient (Wildman–Crippen LogP) is 5.42. The number of carbonyl (C=O) groups is 1. The minimum atomic E-state index is -0.879. The van der Waals surface area contributed by atoms with Crippen LogP contribution in [0.5, 0.6) is 5.75 Å². The summed E-state index contributed by atoms with van der Waals surface area (Å²) in [5.74, 6) is 0.887. The quantitative estimate of drug-likeness (QED) is 0.358. The molecule has 7 heteroatoms. The average molecular weight is 487 g/mol. The Morgan fingerprint density at radius 1 is 1.11 bits per heavy atom. The molecule has 0 saturated carbocycles. The van der Waals surface area contributed by atoms with Gasteiger partial charge < -0.3 is 14.3 Å². The molecular formula is C29H27FN2O4. The lowest BCUT2D eigenvalue weighted by atomic mass is 9.93. The fraction of sp³-hybridized carbons (Fsp3) is 0.241. The van der Waals surface area contributed by atoms with Crippen LogP contribution >= 0.6 is 0 Å². The number of hydrogen-bond donors (Lipinski definition) is 1. The van der Waals surface area contributed by atoms with Gasteiger partial charge in [-0.05, 0) is 66.4 Å². The number of carboxylic acid groups (broad SMARTS) is 1. The smallest absolute Gasteiger partial charge is 0.321 e. The van der Waals surface area contributed by atoms with Gasteiger partial charge in [0.2, 0.25) is 5.89 Å². The normalized spacial score (nSPS) is 15.4. The standard InChI is InChI=1S/C29H27FN2O4/c1-19-26(31-28(36-19)21-7-3-2-4-8-21)12-13-35-25-11-10-22-16-27(29(33)34)32(18-23(22)15-25)17-20-6-5-9-24(30)14-20/h2-11,14-15,27H,12-13,16-18H2,1H3,(H,33,34)/t27-/m0/s1. The van der Waals surface area contributed by atoms with E-state index in [-0.39, 0.29) is 5.82 Å². The lowest BCUT2D eigenvalue weighted by molar-refractivity contribution is -0.144. The molecule has 0 bridgehead atoms. The summed E-state index contributed by atoms with van der Waals surface area (Å²) in [4.78, 5) is 18.4. The molecule has 0 fully saturated rings. The number of aliphatic carboxylic acids is 1. The Morgan fingerprint density at radius 3 is 2.72 bits per heavy atom. The van der Waals surface area contributed by atoms with Gasteiger partial charge in [-0.15, -0.1) is 0 Å². The van der Waals surface area contributed by atoms with Gasteiger partial charge >= 0.3 is 5.97 Å². The number of hydrogen-bond acceptors (Lipinski definition) is 5. The molecule has 184 valence electrons. The third kappa shape index (κ3) is 5.31. The number of oxazole rings is 1. The molecule has 0 spiro atoms. The first-order valence-electron chi connectivity index (χ1n) is 11.9. The Bertz CT molecular complexity index is 1370. The fourth-order valence-corrected chi connectivity index (χ4v) is 4.61. The molecule has 2 heterocycles. The zero-order valence-corrected chi connectivity index (χ0v) is 20.0. The van der Waals surface area contributed by atoms with Crippen LogP contribution in [0.25, 0.3) is 11.5 Å². The van der Waals surface area contributed by atoms with Crippen LogP contribution < -0.4 is 4.74 Å². The van der Waals surface area contributed by atoms with Crippen molar-refractivity contribution >= 4 is 5.97 Å². The zero-order valence-electron chi connectivity index (χ0n) is 20.0. The highest BCUT2D eigenvalue weighted by atomic mass is 19.1. The second-order valence-corrected chi connectivity index (χ2v) is 9.01. The molecule has 0 radical (unpaired) electrons. The van der Waals surface area contributed by atoms with E-state index in [2.05, 4.69) is 4.98 Å². The van der Waals surface area contributed by atoms with Gasteiger partial charge in [0.1, 0.15) is 23.4 Å². The molecule has 0 amide bonds. The van der Waals surface area contributed by atoms with Gasteiger partial charge in [-0.2, -0.15) is 0 Å². The number of aromatic nitrogens is 1. The molecule has 5 rings (SSSR count). The van der Waals surface area contributed by atoms with Gasteiger partial charge in [-0.1, -0.05) is 36.4 Å². The summed E-state index contributed by atoms with van der Waals surface area (Å²) in [6.45, 7) is 3.14. The zero-order chi connectivity index (χ0) is 25.1. The maximum absolute atomic E-state index is 13.7. The first-order valence-corrected chi connectivity index (χ1v) is 11.9. The van der Waals surface area contributed by atoms with Gasteiger partial charge in [-0.25, -0.2) is 9.37 Å². The van der Waals surface area contributed by atoms with Crippen LogP contribution in [0.2, 0.25) is 0 Å². The summed E-state index contributed by atoms with van der Waals surface area (Å²) in [5, 5.41) is 9.79. The van der Waals surface area contributed by atoms with Crippen molar-refractivity contribution in [3.05, 3.63) is 107 Å². The van der Waals surface area contributed by atoms with Crippen molar-refractivity contribution in [3.63, 3.8) is 0 Å². The number of benzene rings is 3. The van der Waals surface area contributed by atoms with Gasteiger partial charge in [0, 0.05) is 25.1 Å². The van der Waals surface area contributed by atoms with E-state index in [9.17, 15) is 14.3 Å². The van der Waals surface area contributed by atoms with Gasteiger partial charge in [-0.3, -0.25) is 9.69 Å². The Kier molecular flexibility index (Phi) is 6.82. The van der Waals surface area contributed by atoms with E-state index in [4.69, 9.17) is 9.15 Å². The minimum absolute atomic E-state index is 0.328. The second kappa shape index (κ2) is 10.3. The summed E-state index contributed by atoms with van der Waals surface area (Å²) in [5.41, 5.74) is 4.55. The van der Waals surface area contributed by atoms with Crippen LogP contribution in [0.1, 0.15) is 28.1 Å². The van der Waals surface area contributed by atoms with Gasteiger partial charge in [0.05, 0.1) is 12.3 Å². The van der Waals surface area contributed by atoms with E-state index in [0.717, 1.165) is 39.5 Å². The van der Waals surface area contributed by atoms with Crippen LogP contribution in [0.3, 0.4) is 0 Å². The molecule has 1 N–H and O–H groups in total. The monoisotopic (exact) mass is 486 g/mol. The molecular weight excluding hydrogens is 459 g/mol. The highest BCUT2D eigenvalue weighted by Crippen LogP contribution is 2.29. The van der Waals surface area contributed by atoms with Gasteiger partial charge in [0.15, 0.2) is 0 Å². The highest BCUT2D eigenvalue weighted by Gasteiger charge is 2.31. The summed E-state index contributed by atoms with van der Waals surface area (Å²) in [6, 6.07) is 21.2. The molecule has 1 atom stereocenters. The number of aryl methyl sites for hydroxylation is 1. The molecule has 0 unspecified atom stereocenters. The first-order chi connectivity index (χ1) is 17.5. The van der Waals surface area contributed by atoms with Crippen molar-refractivity contribution in [2.45, 2.75) is 38.9 Å². The third-order valence-electron chi connectivity index (χ3n) is 6.49. The van der Waals surface area contributed by atoms with Gasteiger partial charge in [0.25, 0.3) is 0 Å². The first kappa shape index (κ1) is 23.8. The van der Waals surface area contributed by atoms with E-state index in [1.165, 1.54) is 12.1 Å². The number of ether oxygens (including phenoxy) is 1. The average Bonchev–Trinajstić information content (AvgIpc) is 3.24. The fourth-order valence-electron chi connectivity index (χ4n) is 4.61. The summed E-state index contributed by atoms with van der Waals surface area (Å²) < 4.78 is 25.5. The van der Waals surface area contributed by atoms with Crippen molar-refractivity contribution in [3.8, 4) is 17.2 Å². The predicted molar refractivity (Wildman–Crippen MR) is 133 cm³/mol. The minimum Gasteiger partial charge on any atom is -0.493 e. The van der Waals surface area contributed by atoms with E-state index < -0.39 is 12.0 Å². The van der Waals surface area contributed by atoms with Crippen molar-refractivity contribution in [2.75, 3.05) is 6.61 Å². The summed E-state index contributed by atoms with van der Waals surface area (Å²) >= 11 is 0. The molecule has 1 aromatic heterocycles. The second-order valence-electron chi connectivity index (χ2n) is 9.01. The molecule has 4 aromatic rings. The summed E-state index contributed by atoms with van der Waals surface area (Å²) in [7, 11) is 0. The molecule has 36 heavy (non-hydrogen) atoms. The molecule has 1 aliphatic rings. The van der Waals surface area contributed by atoms with E-state index in [1.807, 2.05) is 66.4 Å². The van der Waals surface area contributed by atoms with Crippen molar-refractivity contribution in [1.29, 1.82) is 0 Å². The Balaban J connectivity index is 1.25. The van der Waals surface area contributed by atoms with Crippen LogP contribution in [0, 0.1) is 12.7 Å². The molecule has 1 aliphatic heterocycles. The Hall–Kier alpha value is -3.97. The number of halogens is 1. The number of fused-ring (bicyclic) bond motifs is 1. The SMILES string of the molecule is Cc1oc(-c2ccccc2)nc1CCOc1ccc2c(c1)CN(Cc1cccc(F)c1)[C@H](C(=O)O)C2. The maximum Gasteiger partial charge on any atom is 0.321 e. The van der Waals surface area contributed by atoms with Crippen LogP contribution in [0.15, 0.2) is 77.2 Å². The Labute approximate surface area is 209 Å². The van der Waals surface area contributed by atoms with E-state index in [0.29, 0.717) is 38.4 Å². The maximum atomic E-state index is 13.7.